The molecule has 3 N–H and O–H groups in total. The summed E-state index contributed by atoms with van der Waals surface area (Å²) in [6.45, 7) is 9.46. The van der Waals surface area contributed by atoms with Crippen molar-refractivity contribution in [2.45, 2.75) is 58.5 Å². The van der Waals surface area contributed by atoms with Crippen molar-refractivity contribution in [1.29, 1.82) is 0 Å². The number of nitrogens with zero attached hydrogens (tertiary/aromatic N) is 7. The molecule has 2 aliphatic rings. The second-order valence-corrected chi connectivity index (χ2v) is 9.41. The molecule has 0 radical (unpaired) electrons. The summed E-state index contributed by atoms with van der Waals surface area (Å²) < 4.78 is 7.88. The monoisotopic (exact) mass is 451 g/mol. The van der Waals surface area contributed by atoms with Crippen LogP contribution in [0, 0.1) is 5.92 Å². The summed E-state index contributed by atoms with van der Waals surface area (Å²) in [5.41, 5.74) is 8.89. The molecule has 3 aromatic rings. The van der Waals surface area contributed by atoms with E-state index >= 15 is 0 Å². The summed E-state index contributed by atoms with van der Waals surface area (Å²) in [4.78, 5) is 25.7. The Hall–Kier alpha value is -3.01. The van der Waals surface area contributed by atoms with Crippen LogP contribution in [0.5, 0.6) is 0 Å². The molecule has 2 atom stereocenters. The molecule has 2 unspecified atom stereocenters. The molecule has 4 heterocycles. The quantitative estimate of drug-likeness (QED) is 0.602. The van der Waals surface area contributed by atoms with Crippen LogP contribution in [0.25, 0.3) is 22.4 Å². The van der Waals surface area contributed by atoms with Crippen LogP contribution < -0.4 is 16.0 Å². The average Bonchev–Trinajstić information content (AvgIpc) is 3.17. The van der Waals surface area contributed by atoms with Crippen molar-refractivity contribution in [2.24, 2.45) is 5.92 Å². The molecule has 10 nitrogen and oxygen atoms in total. The summed E-state index contributed by atoms with van der Waals surface area (Å²) in [6.07, 6.45) is 8.26. The molecule has 2 fully saturated rings. The van der Waals surface area contributed by atoms with Gasteiger partial charge in [-0.05, 0) is 32.6 Å². The van der Waals surface area contributed by atoms with Crippen LogP contribution in [-0.4, -0.2) is 61.8 Å². The fraction of sp³-hybridized carbons (Fsp3) is 0.609. The molecule has 10 heteroatoms. The Morgan fingerprint density at radius 1 is 1.06 bits per heavy atom. The Kier molecular flexibility index (Phi) is 6.01. The van der Waals surface area contributed by atoms with Gasteiger partial charge in [-0.2, -0.15) is 4.98 Å². The lowest BCUT2D eigenvalue weighted by Crippen LogP contribution is -2.37. The highest BCUT2D eigenvalue weighted by molar-refractivity contribution is 5.90. The number of aromatic nitrogens is 6. The number of rotatable bonds is 5. The van der Waals surface area contributed by atoms with Gasteiger partial charge in [-0.15, -0.1) is 0 Å². The number of nitrogen functional groups attached to an aromatic ring is 1. The number of anilines is 3. The lowest BCUT2D eigenvalue weighted by atomic mass is 9.86. The van der Waals surface area contributed by atoms with Gasteiger partial charge in [0.05, 0.1) is 13.2 Å². The molecule has 1 aliphatic carbocycles. The molecule has 5 rings (SSSR count). The van der Waals surface area contributed by atoms with Crippen molar-refractivity contribution in [3.05, 3.63) is 12.4 Å². The van der Waals surface area contributed by atoms with E-state index in [1.54, 1.807) is 12.4 Å². The van der Waals surface area contributed by atoms with Crippen molar-refractivity contribution in [1.82, 2.24) is 29.5 Å². The predicted octanol–water partition coefficient (Wildman–Crippen LogP) is 3.27. The maximum Gasteiger partial charge on any atom is 0.228 e. The van der Waals surface area contributed by atoms with Crippen molar-refractivity contribution in [2.75, 3.05) is 42.3 Å². The van der Waals surface area contributed by atoms with E-state index in [1.165, 1.54) is 19.3 Å². The number of imidazole rings is 1. The normalized spacial score (nSPS) is 21.6. The molecule has 0 bridgehead atoms. The number of nitrogens with two attached hydrogens (primary N) is 1. The number of morpholine rings is 1. The van der Waals surface area contributed by atoms with Crippen LogP contribution in [0.2, 0.25) is 0 Å². The van der Waals surface area contributed by atoms with E-state index in [-0.39, 0.29) is 12.0 Å². The Bertz CT molecular complexity index is 1110. The SMILES string of the molecule is CC(C)Nc1nc2c(-c3cnc(N)nc3)nc(N3CCOCC3)nc2n1C1CCCCC1C. The van der Waals surface area contributed by atoms with Crippen LogP contribution in [0.4, 0.5) is 17.8 Å². The second-order valence-electron chi connectivity index (χ2n) is 9.41. The largest absolute Gasteiger partial charge is 0.378 e. The summed E-state index contributed by atoms with van der Waals surface area (Å²) in [5, 5.41) is 3.57. The minimum Gasteiger partial charge on any atom is -0.378 e. The van der Waals surface area contributed by atoms with Crippen LogP contribution in [0.1, 0.15) is 52.5 Å². The van der Waals surface area contributed by atoms with E-state index in [0.29, 0.717) is 31.1 Å². The topological polar surface area (TPSA) is 120 Å². The zero-order chi connectivity index (χ0) is 22.9. The third-order valence-electron chi connectivity index (χ3n) is 6.58. The first-order valence-corrected chi connectivity index (χ1v) is 12.0. The zero-order valence-corrected chi connectivity index (χ0v) is 19.7. The number of ether oxygens (including phenoxy) is 1. The van der Waals surface area contributed by atoms with E-state index in [4.69, 9.17) is 25.4 Å². The van der Waals surface area contributed by atoms with Gasteiger partial charge in [0.15, 0.2) is 5.65 Å². The first-order chi connectivity index (χ1) is 16.0. The molecule has 0 amide bonds. The highest BCUT2D eigenvalue weighted by Gasteiger charge is 2.30. The summed E-state index contributed by atoms with van der Waals surface area (Å²) in [7, 11) is 0. The van der Waals surface area contributed by atoms with Crippen LogP contribution in [-0.2, 0) is 4.74 Å². The maximum absolute atomic E-state index is 5.75. The summed E-state index contributed by atoms with van der Waals surface area (Å²) >= 11 is 0. The van der Waals surface area contributed by atoms with Gasteiger partial charge >= 0.3 is 0 Å². The van der Waals surface area contributed by atoms with Gasteiger partial charge in [-0.3, -0.25) is 4.57 Å². The Balaban J connectivity index is 1.74. The van der Waals surface area contributed by atoms with Gasteiger partial charge in [0.25, 0.3) is 0 Å². The van der Waals surface area contributed by atoms with Crippen molar-refractivity contribution in [3.8, 4) is 11.3 Å². The number of nitrogens with one attached hydrogen (secondary N) is 1. The molecular formula is C23H33N9O. The smallest absolute Gasteiger partial charge is 0.228 e. The van der Waals surface area contributed by atoms with Crippen LogP contribution >= 0.6 is 0 Å². The molecular weight excluding hydrogens is 418 g/mol. The number of hydrogen-bond acceptors (Lipinski definition) is 9. The average molecular weight is 452 g/mol. The zero-order valence-electron chi connectivity index (χ0n) is 19.7. The molecule has 1 saturated heterocycles. The molecule has 1 aliphatic heterocycles. The van der Waals surface area contributed by atoms with E-state index < -0.39 is 0 Å². The van der Waals surface area contributed by atoms with Crippen molar-refractivity contribution >= 4 is 29.0 Å². The van der Waals surface area contributed by atoms with Crippen LogP contribution in [0.15, 0.2) is 12.4 Å². The van der Waals surface area contributed by atoms with Gasteiger partial charge in [0.2, 0.25) is 17.8 Å². The van der Waals surface area contributed by atoms with Gasteiger partial charge in [-0.25, -0.2) is 19.9 Å². The Morgan fingerprint density at radius 2 is 1.79 bits per heavy atom. The second kappa shape index (κ2) is 9.09. The third kappa shape index (κ3) is 4.31. The molecule has 176 valence electrons. The minimum absolute atomic E-state index is 0.237. The van der Waals surface area contributed by atoms with E-state index in [0.717, 1.165) is 47.9 Å². The third-order valence-corrected chi connectivity index (χ3v) is 6.58. The highest BCUT2D eigenvalue weighted by Crippen LogP contribution is 2.39. The minimum atomic E-state index is 0.237. The van der Waals surface area contributed by atoms with Gasteiger partial charge < -0.3 is 20.7 Å². The van der Waals surface area contributed by atoms with Gasteiger partial charge in [0.1, 0.15) is 11.2 Å². The van der Waals surface area contributed by atoms with Gasteiger partial charge in [0, 0.05) is 43.1 Å². The van der Waals surface area contributed by atoms with E-state index in [2.05, 4.69) is 45.5 Å². The number of hydrogen-bond donors (Lipinski definition) is 2. The lowest BCUT2D eigenvalue weighted by molar-refractivity contribution is 0.122. The first-order valence-electron chi connectivity index (χ1n) is 12.0. The van der Waals surface area contributed by atoms with Crippen LogP contribution in [0.3, 0.4) is 0 Å². The summed E-state index contributed by atoms with van der Waals surface area (Å²) in [6, 6.07) is 0.586. The number of fused-ring (bicyclic) bond motifs is 1. The molecule has 33 heavy (non-hydrogen) atoms. The standard InChI is InChI=1S/C23H33N9O/c1-14(2)27-23-29-19-18(16-12-25-21(24)26-13-16)28-22(31-8-10-33-11-9-31)30-20(19)32(23)17-7-5-4-6-15(17)3/h12-15,17H,4-11H2,1-3H3,(H,27,29)(H2,24,25,26). The Labute approximate surface area is 194 Å². The van der Waals surface area contributed by atoms with Crippen molar-refractivity contribution in [3.63, 3.8) is 0 Å². The van der Waals surface area contributed by atoms with E-state index in [9.17, 15) is 0 Å². The predicted molar refractivity (Wildman–Crippen MR) is 129 cm³/mol. The Morgan fingerprint density at radius 3 is 2.48 bits per heavy atom. The molecule has 0 spiro atoms. The maximum atomic E-state index is 5.75. The molecule has 0 aromatic carbocycles. The van der Waals surface area contributed by atoms with Crippen molar-refractivity contribution < 1.29 is 4.74 Å². The fourth-order valence-corrected chi connectivity index (χ4v) is 4.88. The molecule has 1 saturated carbocycles. The fourth-order valence-electron chi connectivity index (χ4n) is 4.88. The van der Waals surface area contributed by atoms with Gasteiger partial charge in [-0.1, -0.05) is 19.8 Å². The lowest BCUT2D eigenvalue weighted by Gasteiger charge is -2.32. The molecule has 3 aromatic heterocycles. The first kappa shape index (κ1) is 21.8. The van der Waals surface area contributed by atoms with E-state index in [1.807, 2.05) is 0 Å². The summed E-state index contributed by atoms with van der Waals surface area (Å²) in [5.74, 6) is 2.33. The highest BCUT2D eigenvalue weighted by atomic mass is 16.5.